The molecular formula is C14H16ClFN4O. The number of carbonyl (C=O) groups excluding carboxylic acids is 1. The van der Waals surface area contributed by atoms with E-state index >= 15 is 0 Å². The third-order valence-corrected chi connectivity index (χ3v) is 2.76. The molecule has 7 heteroatoms. The van der Waals surface area contributed by atoms with E-state index in [0.29, 0.717) is 28.3 Å². The highest BCUT2D eigenvalue weighted by atomic mass is 35.5. The Morgan fingerprint density at radius 2 is 2.05 bits per heavy atom. The number of rotatable bonds is 3. The van der Waals surface area contributed by atoms with Gasteiger partial charge in [0.25, 0.3) is 0 Å². The van der Waals surface area contributed by atoms with E-state index in [9.17, 15) is 9.18 Å². The van der Waals surface area contributed by atoms with Crippen LogP contribution in [0.25, 0.3) is 11.3 Å². The third-order valence-electron chi connectivity index (χ3n) is 2.76. The van der Waals surface area contributed by atoms with Crippen molar-refractivity contribution in [3.8, 4) is 11.3 Å². The summed E-state index contributed by atoms with van der Waals surface area (Å²) in [5, 5.41) is 2.55. The van der Waals surface area contributed by atoms with E-state index in [4.69, 9.17) is 5.73 Å². The summed E-state index contributed by atoms with van der Waals surface area (Å²) in [6, 6.07) is 4.91. The molecule has 2 heterocycles. The fourth-order valence-corrected chi connectivity index (χ4v) is 1.73. The molecule has 0 bridgehead atoms. The molecule has 1 atom stereocenters. The van der Waals surface area contributed by atoms with Crippen LogP contribution in [0.15, 0.2) is 30.6 Å². The predicted molar refractivity (Wildman–Crippen MR) is 83.0 cm³/mol. The van der Waals surface area contributed by atoms with Crippen LogP contribution in [-0.4, -0.2) is 15.9 Å². The Morgan fingerprint density at radius 1 is 1.33 bits per heavy atom. The van der Waals surface area contributed by atoms with Gasteiger partial charge < -0.3 is 11.1 Å². The zero-order valence-electron chi connectivity index (χ0n) is 11.6. The van der Waals surface area contributed by atoms with Gasteiger partial charge in [0.05, 0.1) is 5.69 Å². The summed E-state index contributed by atoms with van der Waals surface area (Å²) in [4.78, 5) is 19.2. The number of hydrogen-bond acceptors (Lipinski definition) is 4. The number of alkyl halides is 1. The first kappa shape index (κ1) is 16.8. The van der Waals surface area contributed by atoms with E-state index in [2.05, 4.69) is 15.3 Å². The Labute approximate surface area is 128 Å². The van der Waals surface area contributed by atoms with Gasteiger partial charge in [-0.25, -0.2) is 9.37 Å². The first-order valence-electron chi connectivity index (χ1n) is 6.11. The van der Waals surface area contributed by atoms with Gasteiger partial charge in [-0.2, -0.15) is 0 Å². The summed E-state index contributed by atoms with van der Waals surface area (Å²) in [5.74, 6) is 0.164. The van der Waals surface area contributed by atoms with E-state index in [-0.39, 0.29) is 18.3 Å². The molecule has 1 unspecified atom stereocenters. The average molecular weight is 311 g/mol. The molecule has 0 radical (unpaired) electrons. The van der Waals surface area contributed by atoms with Crippen LogP contribution < -0.4 is 11.1 Å². The number of pyridine rings is 2. The summed E-state index contributed by atoms with van der Waals surface area (Å²) >= 11 is 0. The molecule has 2 aromatic rings. The number of carbonyl (C=O) groups is 1. The van der Waals surface area contributed by atoms with Gasteiger partial charge in [0.2, 0.25) is 5.91 Å². The lowest BCUT2D eigenvalue weighted by Gasteiger charge is -2.08. The number of hydrogen-bond donors (Lipinski definition) is 2. The zero-order chi connectivity index (χ0) is 14.7. The Bertz CT molecular complexity index is 631. The quantitative estimate of drug-likeness (QED) is 0.912. The highest BCUT2D eigenvalue weighted by Crippen LogP contribution is 2.26. The second-order valence-corrected chi connectivity index (χ2v) is 4.43. The molecule has 0 fully saturated rings. The SMILES string of the molecule is CC(=O)Nc1cc(N)c(-c2ccc(C(C)F)cn2)cn1.Cl. The van der Waals surface area contributed by atoms with Gasteiger partial charge in [0.1, 0.15) is 12.0 Å². The number of nitrogens with two attached hydrogens (primary N) is 1. The minimum atomic E-state index is -1.06. The number of halogens is 2. The molecule has 3 N–H and O–H groups in total. The predicted octanol–water partition coefficient (Wildman–Crippen LogP) is 3.14. The standard InChI is InChI=1S/C14H15FN4O.ClH/c1-8(15)10-3-4-13(17-6-10)11-7-18-14(5-12(11)16)19-9(2)20;/h3-8H,1-2H3,(H3,16,18,19,20);1H. The maximum atomic E-state index is 13.1. The molecule has 0 saturated carbocycles. The molecule has 2 aromatic heterocycles. The Hall–Kier alpha value is -2.21. The average Bonchev–Trinajstić information content (AvgIpc) is 2.38. The molecule has 0 saturated heterocycles. The highest BCUT2D eigenvalue weighted by molar-refractivity contribution is 5.89. The third kappa shape index (κ3) is 4.13. The van der Waals surface area contributed by atoms with Crippen LogP contribution >= 0.6 is 12.4 Å². The van der Waals surface area contributed by atoms with Crippen LogP contribution in [0.4, 0.5) is 15.9 Å². The zero-order valence-corrected chi connectivity index (χ0v) is 12.4. The van der Waals surface area contributed by atoms with Crippen LogP contribution in [0.5, 0.6) is 0 Å². The lowest BCUT2D eigenvalue weighted by Crippen LogP contribution is -2.08. The van der Waals surface area contributed by atoms with Crippen molar-refractivity contribution < 1.29 is 9.18 Å². The summed E-state index contributed by atoms with van der Waals surface area (Å²) in [7, 11) is 0. The molecular weight excluding hydrogens is 295 g/mol. The first-order chi connectivity index (χ1) is 9.47. The minimum Gasteiger partial charge on any atom is -0.398 e. The Kier molecular flexibility index (Phi) is 5.60. The van der Waals surface area contributed by atoms with E-state index in [0.717, 1.165) is 0 Å². The fraction of sp³-hybridized carbons (Fsp3) is 0.214. The highest BCUT2D eigenvalue weighted by Gasteiger charge is 2.09. The van der Waals surface area contributed by atoms with Gasteiger partial charge in [-0.15, -0.1) is 12.4 Å². The van der Waals surface area contributed by atoms with Gasteiger partial charge in [-0.05, 0) is 13.0 Å². The number of nitrogen functional groups attached to an aromatic ring is 1. The first-order valence-corrected chi connectivity index (χ1v) is 6.11. The summed E-state index contributed by atoms with van der Waals surface area (Å²) < 4.78 is 13.1. The largest absolute Gasteiger partial charge is 0.398 e. The number of anilines is 2. The van der Waals surface area contributed by atoms with Crippen LogP contribution in [0.2, 0.25) is 0 Å². The molecule has 0 aliphatic heterocycles. The second kappa shape index (κ2) is 6.99. The van der Waals surface area contributed by atoms with Gasteiger partial charge >= 0.3 is 0 Å². The van der Waals surface area contributed by atoms with E-state index < -0.39 is 6.17 Å². The topological polar surface area (TPSA) is 80.9 Å². The van der Waals surface area contributed by atoms with Crippen LogP contribution in [-0.2, 0) is 4.79 Å². The monoisotopic (exact) mass is 310 g/mol. The summed E-state index contributed by atoms with van der Waals surface area (Å²) in [5.41, 5.74) is 8.11. The molecule has 21 heavy (non-hydrogen) atoms. The summed E-state index contributed by atoms with van der Waals surface area (Å²) in [6.07, 6.45) is 1.94. The second-order valence-electron chi connectivity index (χ2n) is 4.43. The number of aromatic nitrogens is 2. The lowest BCUT2D eigenvalue weighted by molar-refractivity contribution is -0.114. The number of amides is 1. The molecule has 0 aliphatic carbocycles. The molecule has 5 nitrogen and oxygen atoms in total. The molecule has 0 aliphatic rings. The maximum Gasteiger partial charge on any atom is 0.222 e. The minimum absolute atomic E-state index is 0. The maximum absolute atomic E-state index is 13.1. The van der Waals surface area contributed by atoms with Crippen molar-refractivity contribution in [1.82, 2.24) is 9.97 Å². The van der Waals surface area contributed by atoms with Gasteiger partial charge in [-0.1, -0.05) is 6.07 Å². The van der Waals surface area contributed by atoms with Crippen molar-refractivity contribution in [2.45, 2.75) is 20.0 Å². The summed E-state index contributed by atoms with van der Waals surface area (Å²) in [6.45, 7) is 2.85. The van der Waals surface area contributed by atoms with Crippen molar-refractivity contribution in [2.75, 3.05) is 11.1 Å². The molecule has 112 valence electrons. The molecule has 1 amide bonds. The van der Waals surface area contributed by atoms with Gasteiger partial charge in [-0.3, -0.25) is 9.78 Å². The van der Waals surface area contributed by atoms with E-state index in [1.165, 1.54) is 26.2 Å². The van der Waals surface area contributed by atoms with Gasteiger partial charge in [0, 0.05) is 42.2 Å². The van der Waals surface area contributed by atoms with Gasteiger partial charge in [0.15, 0.2) is 0 Å². The number of nitrogens with one attached hydrogen (secondary N) is 1. The molecule has 0 spiro atoms. The fourth-order valence-electron chi connectivity index (χ4n) is 1.73. The molecule has 0 aromatic carbocycles. The number of nitrogens with zero attached hydrogens (tertiary/aromatic N) is 2. The van der Waals surface area contributed by atoms with E-state index in [1.54, 1.807) is 18.2 Å². The van der Waals surface area contributed by atoms with Crippen molar-refractivity contribution in [1.29, 1.82) is 0 Å². The van der Waals surface area contributed by atoms with Crippen LogP contribution in [0, 0.1) is 0 Å². The van der Waals surface area contributed by atoms with Crippen molar-refractivity contribution in [2.24, 2.45) is 0 Å². The smallest absolute Gasteiger partial charge is 0.222 e. The Balaban J connectivity index is 0.00000220. The van der Waals surface area contributed by atoms with Crippen LogP contribution in [0.1, 0.15) is 25.6 Å². The van der Waals surface area contributed by atoms with E-state index in [1.807, 2.05) is 0 Å². The van der Waals surface area contributed by atoms with Crippen LogP contribution in [0.3, 0.4) is 0 Å². The normalized spacial score (nSPS) is 11.4. The molecule has 2 rings (SSSR count). The Morgan fingerprint density at radius 3 is 2.52 bits per heavy atom. The van der Waals surface area contributed by atoms with Crippen molar-refractivity contribution in [3.63, 3.8) is 0 Å². The lowest BCUT2D eigenvalue weighted by atomic mass is 10.1. The van der Waals surface area contributed by atoms with Crippen molar-refractivity contribution in [3.05, 3.63) is 36.2 Å². The van der Waals surface area contributed by atoms with Crippen molar-refractivity contribution >= 4 is 29.8 Å².